The van der Waals surface area contributed by atoms with Gasteiger partial charge in [0.15, 0.2) is 4.77 Å². The molecule has 2 aromatic rings. The Morgan fingerprint density at radius 3 is 2.90 bits per heavy atom. The molecule has 6 heteroatoms. The van der Waals surface area contributed by atoms with E-state index in [9.17, 15) is 4.79 Å². The smallest absolute Gasteiger partial charge is 0.263 e. The van der Waals surface area contributed by atoms with Crippen LogP contribution in [0, 0.1) is 4.77 Å². The minimum atomic E-state index is 0.0366. The number of H-pyrrole nitrogens is 1. The first-order valence-electron chi connectivity index (χ1n) is 7.11. The number of thiophene rings is 1. The fourth-order valence-electron chi connectivity index (χ4n) is 2.95. The maximum Gasteiger partial charge on any atom is 0.263 e. The lowest BCUT2D eigenvalue weighted by molar-refractivity contribution is 0.200. The molecule has 3 rings (SSSR count). The van der Waals surface area contributed by atoms with E-state index in [4.69, 9.17) is 12.2 Å². The van der Waals surface area contributed by atoms with Gasteiger partial charge in [-0.25, -0.2) is 0 Å². The summed E-state index contributed by atoms with van der Waals surface area (Å²) in [5.74, 6) is 0. The van der Waals surface area contributed by atoms with Crippen LogP contribution in [-0.4, -0.2) is 34.1 Å². The summed E-state index contributed by atoms with van der Waals surface area (Å²) in [6.45, 7) is 5.25. The quantitative estimate of drug-likeness (QED) is 0.886. The van der Waals surface area contributed by atoms with E-state index in [0.717, 1.165) is 29.9 Å². The normalized spacial score (nSPS) is 18.4. The number of hydrogen-bond donors (Lipinski definition) is 1. The Balaban J connectivity index is 1.92. The molecule has 0 aromatic carbocycles. The summed E-state index contributed by atoms with van der Waals surface area (Å²) in [5, 5.41) is 2.67. The zero-order valence-corrected chi connectivity index (χ0v) is 13.2. The van der Waals surface area contributed by atoms with Crippen LogP contribution in [0.15, 0.2) is 16.2 Å². The molecule has 0 saturated carbocycles. The van der Waals surface area contributed by atoms with Gasteiger partial charge >= 0.3 is 0 Å². The highest BCUT2D eigenvalue weighted by atomic mass is 32.1. The molecule has 108 valence electrons. The van der Waals surface area contributed by atoms with Crippen LogP contribution < -0.4 is 5.56 Å². The van der Waals surface area contributed by atoms with Crippen LogP contribution in [0.25, 0.3) is 10.2 Å². The van der Waals surface area contributed by atoms with Gasteiger partial charge in [-0.2, -0.15) is 0 Å². The van der Waals surface area contributed by atoms with Crippen molar-refractivity contribution >= 4 is 33.8 Å². The molecule has 1 aliphatic heterocycles. The number of hydrogen-bond acceptors (Lipinski definition) is 4. The van der Waals surface area contributed by atoms with Crippen LogP contribution in [0.4, 0.5) is 0 Å². The standard InChI is InChI=1S/C14H19N3OS2/c1-10(9-16-6-3-2-4-7-16)17-13(18)11-5-8-20-12(11)15-14(17)19/h5,8,10H,2-4,6-7,9H2,1H3,(H,15,19). The first kappa shape index (κ1) is 14.0. The lowest BCUT2D eigenvalue weighted by atomic mass is 10.1. The van der Waals surface area contributed by atoms with Crippen LogP contribution >= 0.6 is 23.6 Å². The molecule has 1 fully saturated rings. The molecule has 2 aromatic heterocycles. The molecule has 0 bridgehead atoms. The van der Waals surface area contributed by atoms with Gasteiger partial charge in [-0.15, -0.1) is 11.3 Å². The molecule has 0 amide bonds. The van der Waals surface area contributed by atoms with Gasteiger partial charge in [0.25, 0.3) is 5.56 Å². The van der Waals surface area contributed by atoms with Gasteiger partial charge in [-0.1, -0.05) is 6.42 Å². The fraction of sp³-hybridized carbons (Fsp3) is 0.571. The molecule has 1 aliphatic rings. The first-order valence-corrected chi connectivity index (χ1v) is 8.40. The van der Waals surface area contributed by atoms with Crippen molar-refractivity contribution in [1.82, 2.24) is 14.5 Å². The second kappa shape index (κ2) is 5.79. The van der Waals surface area contributed by atoms with E-state index in [0.29, 0.717) is 4.77 Å². The van der Waals surface area contributed by atoms with E-state index in [1.165, 1.54) is 30.6 Å². The van der Waals surface area contributed by atoms with Crippen molar-refractivity contribution in [3.05, 3.63) is 26.6 Å². The number of aromatic amines is 1. The van der Waals surface area contributed by atoms with Gasteiger partial charge in [-0.05, 0) is 56.5 Å². The van der Waals surface area contributed by atoms with Crippen molar-refractivity contribution in [3.8, 4) is 0 Å². The molecule has 0 aliphatic carbocycles. The van der Waals surface area contributed by atoms with Gasteiger partial charge in [0.05, 0.1) is 5.39 Å². The predicted octanol–water partition coefficient (Wildman–Crippen LogP) is 3.17. The Kier molecular flexibility index (Phi) is 4.05. The molecule has 1 atom stereocenters. The molecule has 20 heavy (non-hydrogen) atoms. The van der Waals surface area contributed by atoms with Crippen molar-refractivity contribution in [2.24, 2.45) is 0 Å². The highest BCUT2D eigenvalue weighted by Gasteiger charge is 2.17. The Bertz CT molecular complexity index is 709. The summed E-state index contributed by atoms with van der Waals surface area (Å²) in [7, 11) is 0. The maximum absolute atomic E-state index is 12.6. The lowest BCUT2D eigenvalue weighted by Crippen LogP contribution is -2.37. The molecule has 0 radical (unpaired) electrons. The van der Waals surface area contributed by atoms with E-state index in [-0.39, 0.29) is 11.6 Å². The number of fused-ring (bicyclic) bond motifs is 1. The van der Waals surface area contributed by atoms with Crippen LogP contribution in [0.3, 0.4) is 0 Å². The van der Waals surface area contributed by atoms with Gasteiger partial charge < -0.3 is 9.88 Å². The fourth-order valence-corrected chi connectivity index (χ4v) is 4.16. The average Bonchev–Trinajstić information content (AvgIpc) is 2.88. The number of nitrogens with zero attached hydrogens (tertiary/aromatic N) is 2. The summed E-state index contributed by atoms with van der Waals surface area (Å²) >= 11 is 6.90. The van der Waals surface area contributed by atoms with E-state index >= 15 is 0 Å². The summed E-state index contributed by atoms with van der Waals surface area (Å²) in [4.78, 5) is 19.0. The summed E-state index contributed by atoms with van der Waals surface area (Å²) in [6, 6.07) is 1.98. The van der Waals surface area contributed by atoms with Crippen LogP contribution in [0.1, 0.15) is 32.2 Å². The third kappa shape index (κ3) is 2.60. The zero-order valence-electron chi connectivity index (χ0n) is 11.6. The van der Waals surface area contributed by atoms with Crippen molar-refractivity contribution in [3.63, 3.8) is 0 Å². The number of aromatic nitrogens is 2. The molecule has 1 N–H and O–H groups in total. The van der Waals surface area contributed by atoms with Crippen LogP contribution in [0.2, 0.25) is 0 Å². The minimum Gasteiger partial charge on any atom is -0.323 e. The highest BCUT2D eigenvalue weighted by molar-refractivity contribution is 7.71. The third-order valence-electron chi connectivity index (χ3n) is 3.97. The van der Waals surface area contributed by atoms with E-state index in [1.54, 1.807) is 4.57 Å². The van der Waals surface area contributed by atoms with E-state index in [2.05, 4.69) is 16.8 Å². The Hall–Kier alpha value is -0.980. The highest BCUT2D eigenvalue weighted by Crippen LogP contribution is 2.17. The monoisotopic (exact) mass is 309 g/mol. The summed E-state index contributed by atoms with van der Waals surface area (Å²) < 4.78 is 2.27. The van der Waals surface area contributed by atoms with Crippen LogP contribution in [-0.2, 0) is 0 Å². The largest absolute Gasteiger partial charge is 0.323 e. The Morgan fingerprint density at radius 2 is 2.15 bits per heavy atom. The maximum atomic E-state index is 12.6. The van der Waals surface area contributed by atoms with E-state index < -0.39 is 0 Å². The van der Waals surface area contributed by atoms with Gasteiger partial charge in [-0.3, -0.25) is 9.36 Å². The molecule has 1 saturated heterocycles. The van der Waals surface area contributed by atoms with Crippen molar-refractivity contribution in [1.29, 1.82) is 0 Å². The van der Waals surface area contributed by atoms with Gasteiger partial charge in [0.1, 0.15) is 4.83 Å². The third-order valence-corrected chi connectivity index (χ3v) is 5.09. The molecule has 3 heterocycles. The number of rotatable bonds is 3. The molecular weight excluding hydrogens is 290 g/mol. The number of likely N-dealkylation sites (tertiary alicyclic amines) is 1. The zero-order chi connectivity index (χ0) is 14.1. The second-order valence-corrected chi connectivity index (χ2v) is 6.78. The summed E-state index contributed by atoms with van der Waals surface area (Å²) in [5.41, 5.74) is 0.0366. The minimum absolute atomic E-state index is 0.0366. The van der Waals surface area contributed by atoms with E-state index in [1.807, 2.05) is 11.4 Å². The van der Waals surface area contributed by atoms with Gasteiger partial charge in [0, 0.05) is 12.6 Å². The number of piperidine rings is 1. The predicted molar refractivity (Wildman–Crippen MR) is 86.3 cm³/mol. The molecule has 4 nitrogen and oxygen atoms in total. The first-order chi connectivity index (χ1) is 9.66. The molecular formula is C14H19N3OS2. The van der Waals surface area contributed by atoms with Crippen LogP contribution in [0.5, 0.6) is 0 Å². The topological polar surface area (TPSA) is 41.0 Å². The Labute approximate surface area is 127 Å². The SMILES string of the molecule is CC(CN1CCCCC1)n1c(=S)[nH]c2sccc2c1=O. The average molecular weight is 309 g/mol. The van der Waals surface area contributed by atoms with Crippen molar-refractivity contribution in [2.45, 2.75) is 32.2 Å². The molecule has 1 unspecified atom stereocenters. The molecule has 0 spiro atoms. The van der Waals surface area contributed by atoms with Crippen molar-refractivity contribution in [2.75, 3.05) is 19.6 Å². The number of nitrogens with one attached hydrogen (secondary N) is 1. The second-order valence-electron chi connectivity index (χ2n) is 5.48. The summed E-state index contributed by atoms with van der Waals surface area (Å²) in [6.07, 6.45) is 3.85. The Morgan fingerprint density at radius 1 is 1.40 bits per heavy atom. The van der Waals surface area contributed by atoms with Gasteiger partial charge in [0.2, 0.25) is 0 Å². The lowest BCUT2D eigenvalue weighted by Gasteiger charge is -2.29. The van der Waals surface area contributed by atoms with Crippen molar-refractivity contribution < 1.29 is 0 Å².